The SMILES string of the molecule is CC(C)n1c(SCC2CSc3nnc(-c4cccnc4)n32)nc2ccccc2c1=O. The summed E-state index contributed by atoms with van der Waals surface area (Å²) in [6.45, 7) is 4.04. The number of thioether (sulfide) groups is 2. The second-order valence-corrected chi connectivity index (χ2v) is 9.35. The van der Waals surface area contributed by atoms with Crippen LogP contribution in [-0.2, 0) is 0 Å². The van der Waals surface area contributed by atoms with Crippen molar-refractivity contribution in [1.29, 1.82) is 0 Å². The van der Waals surface area contributed by atoms with Crippen molar-refractivity contribution < 1.29 is 0 Å². The van der Waals surface area contributed by atoms with E-state index >= 15 is 0 Å². The average molecular weight is 437 g/mol. The van der Waals surface area contributed by atoms with Crippen molar-refractivity contribution in [2.45, 2.75) is 36.2 Å². The molecule has 4 aromatic rings. The lowest BCUT2D eigenvalue weighted by molar-refractivity contribution is 0.517. The Morgan fingerprint density at radius 3 is 2.87 bits per heavy atom. The molecule has 0 bridgehead atoms. The van der Waals surface area contributed by atoms with E-state index in [1.165, 1.54) is 0 Å². The Morgan fingerprint density at radius 1 is 1.20 bits per heavy atom. The highest BCUT2D eigenvalue weighted by atomic mass is 32.2. The number of pyridine rings is 1. The van der Waals surface area contributed by atoms with E-state index < -0.39 is 0 Å². The smallest absolute Gasteiger partial charge is 0.262 e. The second-order valence-electron chi connectivity index (χ2n) is 7.37. The van der Waals surface area contributed by atoms with Gasteiger partial charge in [0, 0.05) is 35.5 Å². The molecule has 3 aromatic heterocycles. The van der Waals surface area contributed by atoms with Crippen LogP contribution in [0.2, 0.25) is 0 Å². The number of hydrogen-bond donors (Lipinski definition) is 0. The van der Waals surface area contributed by atoms with Gasteiger partial charge < -0.3 is 0 Å². The first-order valence-corrected chi connectivity index (χ1v) is 11.7. The fourth-order valence-corrected chi connectivity index (χ4v) is 6.05. The molecule has 0 saturated carbocycles. The largest absolute Gasteiger partial charge is 0.297 e. The summed E-state index contributed by atoms with van der Waals surface area (Å²) in [5, 5.41) is 11.1. The summed E-state index contributed by atoms with van der Waals surface area (Å²) >= 11 is 3.33. The number of hydrogen-bond acceptors (Lipinski definition) is 7. The quantitative estimate of drug-likeness (QED) is 0.345. The van der Waals surface area contributed by atoms with Gasteiger partial charge in [0.1, 0.15) is 0 Å². The second kappa shape index (κ2) is 7.88. The normalized spacial score (nSPS) is 15.8. The number of rotatable bonds is 5. The van der Waals surface area contributed by atoms with Crippen molar-refractivity contribution in [1.82, 2.24) is 29.3 Å². The third-order valence-electron chi connectivity index (χ3n) is 5.05. The minimum atomic E-state index is 0.0138. The lowest BCUT2D eigenvalue weighted by Gasteiger charge is -2.18. The molecule has 0 aliphatic carbocycles. The topological polar surface area (TPSA) is 78.5 Å². The van der Waals surface area contributed by atoms with Crippen LogP contribution in [0, 0.1) is 0 Å². The highest BCUT2D eigenvalue weighted by molar-refractivity contribution is 8.00. The Balaban J connectivity index is 1.48. The van der Waals surface area contributed by atoms with E-state index in [2.05, 4.69) is 19.7 Å². The Bertz CT molecular complexity index is 1270. The molecule has 1 aliphatic rings. The van der Waals surface area contributed by atoms with E-state index in [9.17, 15) is 4.79 Å². The van der Waals surface area contributed by atoms with Gasteiger partial charge in [-0.3, -0.25) is 18.9 Å². The first-order valence-electron chi connectivity index (χ1n) is 9.75. The van der Waals surface area contributed by atoms with E-state index in [0.29, 0.717) is 5.39 Å². The van der Waals surface area contributed by atoms with Crippen LogP contribution in [0.25, 0.3) is 22.3 Å². The lowest BCUT2D eigenvalue weighted by Crippen LogP contribution is -2.25. The molecular weight excluding hydrogens is 416 g/mol. The van der Waals surface area contributed by atoms with Crippen molar-refractivity contribution in [3.8, 4) is 11.4 Å². The maximum Gasteiger partial charge on any atom is 0.262 e. The van der Waals surface area contributed by atoms with Gasteiger partial charge in [0.15, 0.2) is 16.1 Å². The highest BCUT2D eigenvalue weighted by Gasteiger charge is 2.29. The number of fused-ring (bicyclic) bond motifs is 2. The van der Waals surface area contributed by atoms with E-state index in [-0.39, 0.29) is 17.6 Å². The van der Waals surface area contributed by atoms with Gasteiger partial charge in [0.05, 0.1) is 16.9 Å². The van der Waals surface area contributed by atoms with Crippen LogP contribution in [0.5, 0.6) is 0 Å². The van der Waals surface area contributed by atoms with Gasteiger partial charge in [0.2, 0.25) is 0 Å². The van der Waals surface area contributed by atoms with E-state index in [0.717, 1.165) is 38.7 Å². The summed E-state index contributed by atoms with van der Waals surface area (Å²) in [7, 11) is 0. The van der Waals surface area contributed by atoms with Gasteiger partial charge in [-0.15, -0.1) is 10.2 Å². The monoisotopic (exact) mass is 436 g/mol. The predicted octanol–water partition coefficient (Wildman–Crippen LogP) is 4.07. The van der Waals surface area contributed by atoms with E-state index in [4.69, 9.17) is 4.98 Å². The number of aromatic nitrogens is 6. The number of nitrogens with zero attached hydrogens (tertiary/aromatic N) is 6. The molecule has 0 spiro atoms. The zero-order chi connectivity index (χ0) is 20.7. The van der Waals surface area contributed by atoms with Gasteiger partial charge >= 0.3 is 0 Å². The van der Waals surface area contributed by atoms with E-state index in [1.807, 2.05) is 56.4 Å². The molecule has 0 saturated heterocycles. The third kappa shape index (κ3) is 3.31. The van der Waals surface area contributed by atoms with Crippen LogP contribution in [0.3, 0.4) is 0 Å². The van der Waals surface area contributed by atoms with Gasteiger partial charge in [-0.25, -0.2) is 4.98 Å². The van der Waals surface area contributed by atoms with Crippen LogP contribution in [0.15, 0.2) is 63.9 Å². The van der Waals surface area contributed by atoms with Crippen molar-refractivity contribution in [3.63, 3.8) is 0 Å². The molecule has 1 aromatic carbocycles. The molecule has 1 unspecified atom stereocenters. The molecule has 0 radical (unpaired) electrons. The third-order valence-corrected chi connectivity index (χ3v) is 7.24. The van der Waals surface area contributed by atoms with Gasteiger partial charge in [-0.2, -0.15) is 0 Å². The van der Waals surface area contributed by atoms with Gasteiger partial charge in [-0.05, 0) is 38.1 Å². The molecule has 152 valence electrons. The fourth-order valence-electron chi connectivity index (χ4n) is 3.62. The molecule has 30 heavy (non-hydrogen) atoms. The number of para-hydroxylation sites is 1. The highest BCUT2D eigenvalue weighted by Crippen LogP contribution is 2.38. The number of benzene rings is 1. The summed E-state index contributed by atoms with van der Waals surface area (Å²) < 4.78 is 3.98. The maximum absolute atomic E-state index is 13.1. The van der Waals surface area contributed by atoms with Crippen LogP contribution >= 0.6 is 23.5 Å². The molecule has 0 N–H and O–H groups in total. The molecular formula is C21H20N6OS2. The Hall–Kier alpha value is -2.65. The first kappa shape index (κ1) is 19.3. The predicted molar refractivity (Wildman–Crippen MR) is 120 cm³/mol. The van der Waals surface area contributed by atoms with Crippen molar-refractivity contribution >= 4 is 34.4 Å². The van der Waals surface area contributed by atoms with Crippen molar-refractivity contribution in [2.24, 2.45) is 0 Å². The molecule has 5 rings (SSSR count). The van der Waals surface area contributed by atoms with Crippen molar-refractivity contribution in [3.05, 3.63) is 59.1 Å². The summed E-state index contributed by atoms with van der Waals surface area (Å²) in [5.74, 6) is 2.54. The lowest BCUT2D eigenvalue weighted by atomic mass is 10.2. The zero-order valence-electron chi connectivity index (χ0n) is 16.6. The summed E-state index contributed by atoms with van der Waals surface area (Å²) in [6, 6.07) is 11.7. The summed E-state index contributed by atoms with van der Waals surface area (Å²) in [4.78, 5) is 22.1. The van der Waals surface area contributed by atoms with Crippen LogP contribution in [0.4, 0.5) is 0 Å². The summed E-state index contributed by atoms with van der Waals surface area (Å²) in [6.07, 6.45) is 3.56. The van der Waals surface area contributed by atoms with Crippen molar-refractivity contribution in [2.75, 3.05) is 11.5 Å². The molecule has 4 heterocycles. The van der Waals surface area contributed by atoms with Gasteiger partial charge in [-0.1, -0.05) is 35.7 Å². The minimum absolute atomic E-state index is 0.0138. The van der Waals surface area contributed by atoms with E-state index in [1.54, 1.807) is 34.3 Å². The van der Waals surface area contributed by atoms with Crippen LogP contribution < -0.4 is 5.56 Å². The molecule has 0 fully saturated rings. The molecule has 7 nitrogen and oxygen atoms in total. The zero-order valence-corrected chi connectivity index (χ0v) is 18.2. The molecule has 9 heteroatoms. The fraction of sp³-hybridized carbons (Fsp3) is 0.286. The Labute approximate surface area is 182 Å². The standard InChI is InChI=1S/C21H20N6OS2/c1-13(2)26-19(28)16-7-3-4-8-17(16)23-20(26)29-11-15-12-30-21-25-24-18(27(15)21)14-6-5-9-22-10-14/h3-10,13,15H,11-12H2,1-2H3. The van der Waals surface area contributed by atoms with Crippen LogP contribution in [0.1, 0.15) is 25.9 Å². The average Bonchev–Trinajstić information content (AvgIpc) is 3.35. The Kier molecular flexibility index (Phi) is 5.08. The van der Waals surface area contributed by atoms with Gasteiger partial charge in [0.25, 0.3) is 5.56 Å². The minimum Gasteiger partial charge on any atom is -0.297 e. The molecule has 0 amide bonds. The molecule has 1 aliphatic heterocycles. The summed E-state index contributed by atoms with van der Waals surface area (Å²) in [5.41, 5.74) is 1.71. The maximum atomic E-state index is 13.1. The van der Waals surface area contributed by atoms with Crippen LogP contribution in [-0.4, -0.2) is 40.8 Å². The first-order chi connectivity index (χ1) is 14.6. The molecule has 1 atom stereocenters. The Morgan fingerprint density at radius 2 is 2.07 bits per heavy atom.